The van der Waals surface area contributed by atoms with Crippen molar-refractivity contribution in [3.8, 4) is 5.75 Å². The van der Waals surface area contributed by atoms with Crippen LogP contribution in [0, 0.1) is 6.92 Å². The van der Waals surface area contributed by atoms with Gasteiger partial charge in [0.05, 0.1) is 17.8 Å². The fourth-order valence-electron chi connectivity index (χ4n) is 3.24. The molecule has 4 rings (SSSR count). The van der Waals surface area contributed by atoms with Gasteiger partial charge in [0.2, 0.25) is 5.91 Å². The Balaban J connectivity index is 1.56. The number of pyridine rings is 1. The van der Waals surface area contributed by atoms with Crippen molar-refractivity contribution in [2.24, 2.45) is 0 Å². The molecule has 2 aromatic heterocycles. The summed E-state index contributed by atoms with van der Waals surface area (Å²) in [5, 5.41) is 8.90. The number of nitrogens with zero attached hydrogens (tertiary/aromatic N) is 3. The smallest absolute Gasteiger partial charge is 0.246 e. The second-order valence-corrected chi connectivity index (χ2v) is 6.92. The zero-order chi connectivity index (χ0) is 18.3. The Kier molecular flexibility index (Phi) is 4.28. The highest BCUT2D eigenvalue weighted by Gasteiger charge is 2.27. The van der Waals surface area contributed by atoms with Gasteiger partial charge in [-0.3, -0.25) is 4.79 Å². The molecule has 0 radical (unpaired) electrons. The highest BCUT2D eigenvalue weighted by atomic mass is 35.5. The van der Waals surface area contributed by atoms with Crippen molar-refractivity contribution in [2.45, 2.75) is 32.2 Å². The van der Waals surface area contributed by atoms with E-state index in [0.29, 0.717) is 22.4 Å². The van der Waals surface area contributed by atoms with Crippen molar-refractivity contribution in [1.29, 1.82) is 0 Å². The molecule has 1 saturated carbocycles. The molecule has 1 aliphatic rings. The summed E-state index contributed by atoms with van der Waals surface area (Å²) in [6, 6.07) is 7.19. The molecule has 1 aliphatic carbocycles. The van der Waals surface area contributed by atoms with Crippen LogP contribution in [-0.4, -0.2) is 27.8 Å². The molecule has 0 aliphatic heterocycles. The number of rotatable bonds is 5. The summed E-state index contributed by atoms with van der Waals surface area (Å²) in [6.07, 6.45) is 4.22. The zero-order valence-corrected chi connectivity index (χ0v) is 15.4. The summed E-state index contributed by atoms with van der Waals surface area (Å²) in [4.78, 5) is 16.9. The van der Waals surface area contributed by atoms with Crippen LogP contribution in [0.3, 0.4) is 0 Å². The van der Waals surface area contributed by atoms with E-state index in [9.17, 15) is 4.79 Å². The SMILES string of the molecule is COc1ccc(NC(=O)Cn2nc(C)c3c(C4CC4)ccnc32)cc1Cl. The number of aromatic nitrogens is 3. The number of anilines is 1. The van der Waals surface area contributed by atoms with Crippen molar-refractivity contribution in [3.63, 3.8) is 0 Å². The van der Waals surface area contributed by atoms with Gasteiger partial charge in [-0.1, -0.05) is 11.6 Å². The van der Waals surface area contributed by atoms with E-state index in [-0.39, 0.29) is 12.5 Å². The number of amides is 1. The summed E-state index contributed by atoms with van der Waals surface area (Å²) in [5.74, 6) is 0.983. The van der Waals surface area contributed by atoms with Crippen LogP contribution in [-0.2, 0) is 11.3 Å². The first-order valence-corrected chi connectivity index (χ1v) is 8.90. The van der Waals surface area contributed by atoms with Crippen LogP contribution in [0.15, 0.2) is 30.5 Å². The second kappa shape index (κ2) is 6.61. The summed E-state index contributed by atoms with van der Waals surface area (Å²) < 4.78 is 6.78. The Morgan fingerprint density at radius 2 is 2.19 bits per heavy atom. The molecule has 0 unspecified atom stereocenters. The maximum Gasteiger partial charge on any atom is 0.246 e. The normalized spacial score (nSPS) is 13.8. The Labute approximate surface area is 156 Å². The Morgan fingerprint density at radius 3 is 2.88 bits per heavy atom. The van der Waals surface area contributed by atoms with Gasteiger partial charge >= 0.3 is 0 Å². The third kappa shape index (κ3) is 3.12. The standard InChI is InChI=1S/C19H19ClN4O2/c1-11-18-14(12-3-4-12)7-8-21-19(18)24(23-11)10-17(25)22-13-5-6-16(26-2)15(20)9-13/h5-9,12H,3-4,10H2,1-2H3,(H,22,25). The number of methoxy groups -OCH3 is 1. The highest BCUT2D eigenvalue weighted by Crippen LogP contribution is 2.43. The van der Waals surface area contributed by atoms with Gasteiger partial charge in [0, 0.05) is 17.3 Å². The largest absolute Gasteiger partial charge is 0.495 e. The first kappa shape index (κ1) is 16.8. The van der Waals surface area contributed by atoms with Crippen molar-refractivity contribution < 1.29 is 9.53 Å². The minimum absolute atomic E-state index is 0.0924. The predicted molar refractivity (Wildman–Crippen MR) is 101 cm³/mol. The summed E-state index contributed by atoms with van der Waals surface area (Å²) in [6.45, 7) is 2.06. The fraction of sp³-hybridized carbons (Fsp3) is 0.316. The lowest BCUT2D eigenvalue weighted by Gasteiger charge is -2.08. The number of nitrogens with one attached hydrogen (secondary N) is 1. The van der Waals surface area contributed by atoms with Gasteiger partial charge in [0.1, 0.15) is 12.3 Å². The van der Waals surface area contributed by atoms with Crippen LogP contribution in [0.5, 0.6) is 5.75 Å². The van der Waals surface area contributed by atoms with Crippen LogP contribution in [0.4, 0.5) is 5.69 Å². The molecule has 0 spiro atoms. The molecule has 6 nitrogen and oxygen atoms in total. The Bertz CT molecular complexity index is 995. The second-order valence-electron chi connectivity index (χ2n) is 6.51. The number of fused-ring (bicyclic) bond motifs is 1. The van der Waals surface area contributed by atoms with E-state index >= 15 is 0 Å². The third-order valence-electron chi connectivity index (χ3n) is 4.59. The number of halogens is 1. The van der Waals surface area contributed by atoms with E-state index in [1.807, 2.05) is 6.92 Å². The first-order chi connectivity index (χ1) is 12.6. The summed E-state index contributed by atoms with van der Waals surface area (Å²) >= 11 is 6.10. The molecule has 0 saturated heterocycles. The van der Waals surface area contributed by atoms with Crippen LogP contribution < -0.4 is 10.1 Å². The van der Waals surface area contributed by atoms with Crippen LogP contribution >= 0.6 is 11.6 Å². The molecule has 7 heteroatoms. The lowest BCUT2D eigenvalue weighted by Crippen LogP contribution is -2.19. The Hall–Kier alpha value is -2.60. The van der Waals surface area contributed by atoms with Gasteiger partial charge in [-0.05, 0) is 55.5 Å². The van der Waals surface area contributed by atoms with Gasteiger partial charge in [-0.25, -0.2) is 9.67 Å². The maximum atomic E-state index is 12.5. The summed E-state index contributed by atoms with van der Waals surface area (Å²) in [7, 11) is 1.55. The molecular weight excluding hydrogens is 352 g/mol. The number of hydrogen-bond donors (Lipinski definition) is 1. The lowest BCUT2D eigenvalue weighted by molar-refractivity contribution is -0.116. The van der Waals surface area contributed by atoms with E-state index < -0.39 is 0 Å². The topological polar surface area (TPSA) is 69.0 Å². The molecule has 1 N–H and O–H groups in total. The van der Waals surface area contributed by atoms with E-state index in [4.69, 9.17) is 16.3 Å². The van der Waals surface area contributed by atoms with Gasteiger partial charge < -0.3 is 10.1 Å². The van der Waals surface area contributed by atoms with Gasteiger partial charge in [-0.15, -0.1) is 0 Å². The van der Waals surface area contributed by atoms with Crippen molar-refractivity contribution in [2.75, 3.05) is 12.4 Å². The lowest BCUT2D eigenvalue weighted by atomic mass is 10.1. The van der Waals surface area contributed by atoms with Crippen LogP contribution in [0.1, 0.15) is 30.0 Å². The van der Waals surface area contributed by atoms with Crippen molar-refractivity contribution in [3.05, 3.63) is 46.7 Å². The monoisotopic (exact) mass is 370 g/mol. The van der Waals surface area contributed by atoms with E-state index in [0.717, 1.165) is 16.7 Å². The molecule has 1 aromatic carbocycles. The average Bonchev–Trinajstić information content (AvgIpc) is 3.41. The number of carbonyl (C=O) groups is 1. The van der Waals surface area contributed by atoms with E-state index in [2.05, 4.69) is 21.5 Å². The Morgan fingerprint density at radius 1 is 1.38 bits per heavy atom. The average molecular weight is 371 g/mol. The molecular formula is C19H19ClN4O2. The number of carbonyl (C=O) groups excluding carboxylic acids is 1. The van der Waals surface area contributed by atoms with Crippen LogP contribution in [0.25, 0.3) is 11.0 Å². The molecule has 134 valence electrons. The van der Waals surface area contributed by atoms with Crippen LogP contribution in [0.2, 0.25) is 5.02 Å². The minimum atomic E-state index is -0.186. The fourth-order valence-corrected chi connectivity index (χ4v) is 3.49. The van der Waals surface area contributed by atoms with Gasteiger partial charge in [-0.2, -0.15) is 5.10 Å². The molecule has 3 aromatic rings. The maximum absolute atomic E-state index is 12.5. The molecule has 1 fully saturated rings. The molecule has 1 amide bonds. The summed E-state index contributed by atoms with van der Waals surface area (Å²) in [5.41, 5.74) is 3.58. The molecule has 0 bridgehead atoms. The van der Waals surface area contributed by atoms with Gasteiger partial charge in [0.25, 0.3) is 0 Å². The number of aryl methyl sites for hydroxylation is 1. The van der Waals surface area contributed by atoms with E-state index in [1.165, 1.54) is 18.4 Å². The number of benzene rings is 1. The van der Waals surface area contributed by atoms with Crippen molar-refractivity contribution in [1.82, 2.24) is 14.8 Å². The number of hydrogen-bond acceptors (Lipinski definition) is 4. The number of ether oxygens (including phenoxy) is 1. The molecule has 0 atom stereocenters. The highest BCUT2D eigenvalue weighted by molar-refractivity contribution is 6.32. The quantitative estimate of drug-likeness (QED) is 0.739. The van der Waals surface area contributed by atoms with E-state index in [1.54, 1.807) is 36.2 Å². The minimum Gasteiger partial charge on any atom is -0.495 e. The van der Waals surface area contributed by atoms with Gasteiger partial charge in [0.15, 0.2) is 5.65 Å². The van der Waals surface area contributed by atoms with Crippen molar-refractivity contribution >= 4 is 34.2 Å². The third-order valence-corrected chi connectivity index (χ3v) is 4.88. The predicted octanol–water partition coefficient (Wildman–Crippen LogP) is 3.92. The molecule has 26 heavy (non-hydrogen) atoms. The molecule has 2 heterocycles. The zero-order valence-electron chi connectivity index (χ0n) is 14.6. The first-order valence-electron chi connectivity index (χ1n) is 8.52.